The van der Waals surface area contributed by atoms with E-state index in [2.05, 4.69) is 0 Å². The summed E-state index contributed by atoms with van der Waals surface area (Å²) in [6.07, 6.45) is 2.68. The van der Waals surface area contributed by atoms with Gasteiger partial charge in [0, 0.05) is 12.1 Å². The lowest BCUT2D eigenvalue weighted by atomic mass is 10.3. The molecule has 4 heteroatoms. The van der Waals surface area contributed by atoms with Gasteiger partial charge in [0.15, 0.2) is 11.9 Å². The van der Waals surface area contributed by atoms with Crippen molar-refractivity contribution in [2.24, 2.45) is 0 Å². The van der Waals surface area contributed by atoms with Crippen LogP contribution < -0.4 is 9.47 Å². The molecule has 15 heavy (non-hydrogen) atoms. The van der Waals surface area contributed by atoms with Crippen molar-refractivity contribution in [2.45, 2.75) is 0 Å². The lowest BCUT2D eigenvalue weighted by Crippen LogP contribution is -2.23. The Morgan fingerprint density at radius 3 is 2.67 bits per heavy atom. The molecule has 0 aliphatic heterocycles. The highest BCUT2D eigenvalue weighted by Gasteiger charge is 2.00. The van der Waals surface area contributed by atoms with Crippen LogP contribution in [0.2, 0.25) is 0 Å². The molecule has 2 aromatic rings. The summed E-state index contributed by atoms with van der Waals surface area (Å²) >= 11 is 0. The standard InChI is InChI=1S/C11H9NO3/c13-9-3-1-4-10(7-9)15-11-5-2-6-12(14)8-11/h1-8,13H. The van der Waals surface area contributed by atoms with E-state index in [0.717, 1.165) is 0 Å². The Kier molecular flexibility index (Phi) is 2.41. The maximum Gasteiger partial charge on any atom is 0.223 e. The number of hydrogen-bond acceptors (Lipinski definition) is 3. The molecule has 1 heterocycles. The van der Waals surface area contributed by atoms with Crippen LogP contribution in [0.3, 0.4) is 0 Å². The van der Waals surface area contributed by atoms with Crippen molar-refractivity contribution in [3.63, 3.8) is 0 Å². The maximum absolute atomic E-state index is 10.9. The molecule has 0 aliphatic carbocycles. The molecule has 1 aromatic heterocycles. The Labute approximate surface area is 86.6 Å². The molecule has 2 rings (SSSR count). The van der Waals surface area contributed by atoms with E-state index in [9.17, 15) is 10.3 Å². The summed E-state index contributed by atoms with van der Waals surface area (Å²) in [4.78, 5) is 0. The van der Waals surface area contributed by atoms with Crippen molar-refractivity contribution in [3.05, 3.63) is 54.0 Å². The largest absolute Gasteiger partial charge is 0.619 e. The van der Waals surface area contributed by atoms with Crippen LogP contribution in [0.15, 0.2) is 48.8 Å². The second-order valence-corrected chi connectivity index (χ2v) is 3.00. The first kappa shape index (κ1) is 9.33. The van der Waals surface area contributed by atoms with E-state index in [-0.39, 0.29) is 5.75 Å². The van der Waals surface area contributed by atoms with Crippen LogP contribution in [0.1, 0.15) is 0 Å². The van der Waals surface area contributed by atoms with Gasteiger partial charge < -0.3 is 15.1 Å². The van der Waals surface area contributed by atoms with Crippen LogP contribution in [0.5, 0.6) is 17.2 Å². The monoisotopic (exact) mass is 203 g/mol. The van der Waals surface area contributed by atoms with Gasteiger partial charge in [-0.05, 0) is 18.2 Å². The second kappa shape index (κ2) is 3.88. The van der Waals surface area contributed by atoms with Crippen molar-refractivity contribution in [1.82, 2.24) is 0 Å². The highest BCUT2D eigenvalue weighted by molar-refractivity contribution is 5.34. The third kappa shape index (κ3) is 2.37. The van der Waals surface area contributed by atoms with E-state index in [0.29, 0.717) is 16.2 Å². The van der Waals surface area contributed by atoms with Crippen molar-refractivity contribution in [3.8, 4) is 17.2 Å². The van der Waals surface area contributed by atoms with E-state index in [1.807, 2.05) is 0 Å². The van der Waals surface area contributed by atoms with E-state index >= 15 is 0 Å². The Hall–Kier alpha value is -2.23. The van der Waals surface area contributed by atoms with E-state index in [1.165, 1.54) is 18.5 Å². The number of aromatic nitrogens is 1. The van der Waals surface area contributed by atoms with Gasteiger partial charge in [-0.2, -0.15) is 4.73 Å². The summed E-state index contributed by atoms with van der Waals surface area (Å²) in [6.45, 7) is 0. The molecule has 0 saturated heterocycles. The SMILES string of the molecule is [O-][n+]1cccc(Oc2cccc(O)c2)c1. The fourth-order valence-electron chi connectivity index (χ4n) is 1.18. The zero-order valence-corrected chi connectivity index (χ0v) is 7.83. The zero-order valence-electron chi connectivity index (χ0n) is 7.83. The van der Waals surface area contributed by atoms with Crippen molar-refractivity contribution in [2.75, 3.05) is 0 Å². The fourth-order valence-corrected chi connectivity index (χ4v) is 1.18. The number of aromatic hydroxyl groups is 1. The molecule has 0 fully saturated rings. The average molecular weight is 203 g/mol. The number of pyridine rings is 1. The van der Waals surface area contributed by atoms with Crippen LogP contribution >= 0.6 is 0 Å². The fraction of sp³-hybridized carbons (Fsp3) is 0. The first-order chi connectivity index (χ1) is 7.24. The maximum atomic E-state index is 10.9. The van der Waals surface area contributed by atoms with Gasteiger partial charge in [-0.1, -0.05) is 6.07 Å². The Morgan fingerprint density at radius 2 is 1.93 bits per heavy atom. The minimum absolute atomic E-state index is 0.124. The predicted octanol–water partition coefficient (Wildman–Crippen LogP) is 1.82. The molecule has 0 amide bonds. The summed E-state index contributed by atoms with van der Waals surface area (Å²) in [7, 11) is 0. The van der Waals surface area contributed by atoms with Gasteiger partial charge >= 0.3 is 0 Å². The van der Waals surface area contributed by atoms with Crippen LogP contribution in [-0.2, 0) is 0 Å². The molecule has 4 nitrogen and oxygen atoms in total. The van der Waals surface area contributed by atoms with Gasteiger partial charge in [0.25, 0.3) is 0 Å². The van der Waals surface area contributed by atoms with Crippen LogP contribution in [0.4, 0.5) is 0 Å². The van der Waals surface area contributed by atoms with E-state index in [1.54, 1.807) is 30.3 Å². The predicted molar refractivity (Wildman–Crippen MR) is 53.6 cm³/mol. The summed E-state index contributed by atoms with van der Waals surface area (Å²) < 4.78 is 6.01. The summed E-state index contributed by atoms with van der Waals surface area (Å²) in [5.74, 6) is 1.04. The minimum Gasteiger partial charge on any atom is -0.619 e. The number of rotatable bonds is 2. The molecule has 0 atom stereocenters. The van der Waals surface area contributed by atoms with E-state index < -0.39 is 0 Å². The highest BCUT2D eigenvalue weighted by Crippen LogP contribution is 2.23. The lowest BCUT2D eigenvalue weighted by molar-refractivity contribution is -0.605. The number of benzene rings is 1. The normalized spacial score (nSPS) is 9.87. The van der Waals surface area contributed by atoms with E-state index in [4.69, 9.17) is 4.74 Å². The molecular formula is C11H9NO3. The Balaban J connectivity index is 2.22. The van der Waals surface area contributed by atoms with Crippen molar-refractivity contribution in [1.29, 1.82) is 0 Å². The molecule has 0 aliphatic rings. The smallest absolute Gasteiger partial charge is 0.223 e. The lowest BCUT2D eigenvalue weighted by Gasteiger charge is -2.04. The number of ether oxygens (including phenoxy) is 1. The molecule has 1 N–H and O–H groups in total. The third-order valence-electron chi connectivity index (χ3n) is 1.80. The van der Waals surface area contributed by atoms with Gasteiger partial charge in [-0.15, -0.1) is 0 Å². The Bertz CT molecular complexity index is 427. The molecule has 0 saturated carbocycles. The summed E-state index contributed by atoms with van der Waals surface area (Å²) in [6, 6.07) is 9.64. The minimum atomic E-state index is 0.124. The molecule has 0 unspecified atom stereocenters. The quantitative estimate of drug-likeness (QED) is 0.598. The van der Waals surface area contributed by atoms with Crippen LogP contribution in [-0.4, -0.2) is 5.11 Å². The highest BCUT2D eigenvalue weighted by atomic mass is 16.5. The van der Waals surface area contributed by atoms with Crippen molar-refractivity contribution < 1.29 is 14.6 Å². The first-order valence-corrected chi connectivity index (χ1v) is 4.40. The number of hydrogen-bond donors (Lipinski definition) is 1. The van der Waals surface area contributed by atoms with Gasteiger partial charge in [-0.3, -0.25) is 0 Å². The molecular weight excluding hydrogens is 194 g/mol. The van der Waals surface area contributed by atoms with Crippen LogP contribution in [0, 0.1) is 5.21 Å². The third-order valence-corrected chi connectivity index (χ3v) is 1.80. The molecule has 0 radical (unpaired) electrons. The molecule has 76 valence electrons. The molecule has 0 spiro atoms. The van der Waals surface area contributed by atoms with Crippen molar-refractivity contribution >= 4 is 0 Å². The molecule has 1 aromatic carbocycles. The van der Waals surface area contributed by atoms with Gasteiger partial charge in [0.1, 0.15) is 11.5 Å². The topological polar surface area (TPSA) is 56.4 Å². The summed E-state index contributed by atoms with van der Waals surface area (Å²) in [5.41, 5.74) is 0. The van der Waals surface area contributed by atoms with Gasteiger partial charge in [-0.25, -0.2) is 0 Å². The second-order valence-electron chi connectivity index (χ2n) is 3.00. The van der Waals surface area contributed by atoms with Gasteiger partial charge in [0.05, 0.1) is 0 Å². The number of nitrogens with zero attached hydrogens (tertiary/aromatic N) is 1. The average Bonchev–Trinajstić information content (AvgIpc) is 2.17. The first-order valence-electron chi connectivity index (χ1n) is 4.40. The van der Waals surface area contributed by atoms with Gasteiger partial charge in [0.2, 0.25) is 6.20 Å². The number of phenolic OH excluding ortho intramolecular Hbond substituents is 1. The zero-order chi connectivity index (χ0) is 10.7. The summed E-state index contributed by atoms with van der Waals surface area (Å²) in [5, 5.41) is 20.1. The number of phenols is 1. The van der Waals surface area contributed by atoms with Crippen LogP contribution in [0.25, 0.3) is 0 Å². The Morgan fingerprint density at radius 1 is 1.13 bits per heavy atom. The molecule has 0 bridgehead atoms.